The number of rotatable bonds is 4. The number of methoxy groups -OCH3 is 1. The molecule has 0 radical (unpaired) electrons. The van der Waals surface area contributed by atoms with E-state index in [2.05, 4.69) is 10.6 Å². The lowest BCUT2D eigenvalue weighted by molar-refractivity contribution is -0.384. The summed E-state index contributed by atoms with van der Waals surface area (Å²) in [6, 6.07) is 7.91. The summed E-state index contributed by atoms with van der Waals surface area (Å²) in [6.45, 7) is 3.49. The fourth-order valence-corrected chi connectivity index (χ4v) is 2.80. The molecule has 136 valence electrons. The van der Waals surface area contributed by atoms with E-state index in [9.17, 15) is 14.9 Å². The van der Waals surface area contributed by atoms with Crippen molar-refractivity contribution in [2.75, 3.05) is 12.4 Å². The molecule has 2 aromatic carbocycles. The lowest BCUT2D eigenvalue weighted by atomic mass is 10.1. The van der Waals surface area contributed by atoms with Crippen LogP contribution in [0.2, 0.25) is 5.02 Å². The Labute approximate surface area is 160 Å². The average molecular weight is 394 g/mol. The molecule has 0 heterocycles. The Hall–Kier alpha value is -2.71. The van der Waals surface area contributed by atoms with Crippen molar-refractivity contribution in [3.8, 4) is 5.75 Å². The molecule has 0 bridgehead atoms. The maximum absolute atomic E-state index is 12.4. The van der Waals surface area contributed by atoms with Crippen LogP contribution in [0.15, 0.2) is 30.3 Å². The topological polar surface area (TPSA) is 93.5 Å². The number of anilines is 1. The van der Waals surface area contributed by atoms with Gasteiger partial charge >= 0.3 is 0 Å². The van der Waals surface area contributed by atoms with Crippen LogP contribution in [0.4, 0.5) is 11.4 Å². The predicted molar refractivity (Wildman–Crippen MR) is 104 cm³/mol. The second-order valence-electron chi connectivity index (χ2n) is 5.44. The molecule has 26 heavy (non-hydrogen) atoms. The van der Waals surface area contributed by atoms with Crippen molar-refractivity contribution >= 4 is 46.2 Å². The zero-order chi connectivity index (χ0) is 19.4. The Morgan fingerprint density at radius 1 is 1.27 bits per heavy atom. The van der Waals surface area contributed by atoms with Crippen LogP contribution in [0.1, 0.15) is 21.5 Å². The number of nitrogens with one attached hydrogen (secondary N) is 2. The van der Waals surface area contributed by atoms with Crippen molar-refractivity contribution in [2.24, 2.45) is 0 Å². The van der Waals surface area contributed by atoms with E-state index in [-0.39, 0.29) is 15.8 Å². The van der Waals surface area contributed by atoms with Crippen molar-refractivity contribution in [3.63, 3.8) is 0 Å². The molecule has 7 nitrogen and oxygen atoms in total. The number of benzene rings is 2. The molecule has 0 aliphatic rings. The van der Waals surface area contributed by atoms with Crippen molar-refractivity contribution in [3.05, 3.63) is 62.2 Å². The molecule has 0 saturated carbocycles. The minimum Gasteiger partial charge on any atom is -0.496 e. The van der Waals surface area contributed by atoms with Crippen LogP contribution >= 0.6 is 23.8 Å². The summed E-state index contributed by atoms with van der Waals surface area (Å²) < 4.78 is 5.26. The van der Waals surface area contributed by atoms with Gasteiger partial charge in [0.15, 0.2) is 5.11 Å². The summed E-state index contributed by atoms with van der Waals surface area (Å²) in [5.41, 5.74) is 1.98. The number of halogens is 1. The first-order valence-corrected chi connectivity index (χ1v) is 8.23. The van der Waals surface area contributed by atoms with Gasteiger partial charge in [-0.05, 0) is 49.3 Å². The highest BCUT2D eigenvalue weighted by atomic mass is 35.5. The number of nitro benzene ring substituents is 1. The number of nitro groups is 1. The lowest BCUT2D eigenvalue weighted by Crippen LogP contribution is -2.34. The van der Waals surface area contributed by atoms with E-state index >= 15 is 0 Å². The number of aryl methyl sites for hydroxylation is 2. The number of thiocarbonyl (C=S) groups is 1. The van der Waals surface area contributed by atoms with Crippen LogP contribution in [0, 0.1) is 24.0 Å². The third-order valence-electron chi connectivity index (χ3n) is 3.63. The molecule has 0 spiro atoms. The smallest absolute Gasteiger partial charge is 0.288 e. The minimum atomic E-state index is -0.566. The van der Waals surface area contributed by atoms with Gasteiger partial charge in [-0.15, -0.1) is 0 Å². The summed E-state index contributed by atoms with van der Waals surface area (Å²) in [5.74, 6) is 0.0241. The second-order valence-corrected chi connectivity index (χ2v) is 6.26. The number of nitrogens with zero attached hydrogens (tertiary/aromatic N) is 1. The number of amides is 1. The van der Waals surface area contributed by atoms with Gasteiger partial charge in [-0.2, -0.15) is 0 Å². The first-order valence-electron chi connectivity index (χ1n) is 7.45. The Balaban J connectivity index is 2.17. The van der Waals surface area contributed by atoms with E-state index in [1.165, 1.54) is 19.2 Å². The quantitative estimate of drug-likeness (QED) is 0.463. The van der Waals surface area contributed by atoms with Crippen molar-refractivity contribution < 1.29 is 14.5 Å². The molecule has 0 saturated heterocycles. The SMILES string of the molecule is COc1c(C)cccc1C(=O)NC(=S)Nc1cc(Cl)c([N+](=O)[O-])cc1C. The number of para-hydroxylation sites is 1. The maximum Gasteiger partial charge on any atom is 0.288 e. The van der Waals surface area contributed by atoms with Gasteiger partial charge in [-0.3, -0.25) is 20.2 Å². The van der Waals surface area contributed by atoms with E-state index in [4.69, 9.17) is 28.6 Å². The van der Waals surface area contributed by atoms with E-state index in [0.29, 0.717) is 22.6 Å². The average Bonchev–Trinajstić information content (AvgIpc) is 2.57. The Bertz CT molecular complexity index is 902. The van der Waals surface area contributed by atoms with Gasteiger partial charge in [0.1, 0.15) is 10.8 Å². The first kappa shape index (κ1) is 19.6. The first-order chi connectivity index (χ1) is 12.2. The van der Waals surface area contributed by atoms with Crippen LogP contribution in [-0.2, 0) is 0 Å². The van der Waals surface area contributed by atoms with Gasteiger partial charge in [0.2, 0.25) is 0 Å². The molecule has 2 rings (SSSR count). The molecule has 1 amide bonds. The monoisotopic (exact) mass is 393 g/mol. The highest BCUT2D eigenvalue weighted by Gasteiger charge is 2.18. The van der Waals surface area contributed by atoms with Gasteiger partial charge in [0, 0.05) is 11.8 Å². The molecule has 0 aliphatic carbocycles. The van der Waals surface area contributed by atoms with E-state index in [0.717, 1.165) is 5.56 Å². The molecule has 0 unspecified atom stereocenters. The Morgan fingerprint density at radius 3 is 2.58 bits per heavy atom. The van der Waals surface area contributed by atoms with Crippen molar-refractivity contribution in [1.82, 2.24) is 5.32 Å². The summed E-state index contributed by atoms with van der Waals surface area (Å²) in [6.07, 6.45) is 0. The molecule has 0 atom stereocenters. The molecule has 2 N–H and O–H groups in total. The molecular formula is C17H16ClN3O4S. The fraction of sp³-hybridized carbons (Fsp3) is 0.176. The predicted octanol–water partition coefficient (Wildman–Crippen LogP) is 4.00. The molecule has 2 aromatic rings. The molecule has 0 fully saturated rings. The number of carbonyl (C=O) groups excluding carboxylic acids is 1. The largest absolute Gasteiger partial charge is 0.496 e. The third-order valence-corrected chi connectivity index (χ3v) is 4.13. The molecule has 9 heteroatoms. The number of hydrogen-bond acceptors (Lipinski definition) is 5. The zero-order valence-corrected chi connectivity index (χ0v) is 15.8. The van der Waals surface area contributed by atoms with Gasteiger partial charge in [0.05, 0.1) is 17.6 Å². The van der Waals surface area contributed by atoms with Crippen LogP contribution < -0.4 is 15.4 Å². The van der Waals surface area contributed by atoms with Crippen LogP contribution in [0.25, 0.3) is 0 Å². The summed E-state index contributed by atoms with van der Waals surface area (Å²) in [4.78, 5) is 22.8. The fourth-order valence-electron chi connectivity index (χ4n) is 2.37. The van der Waals surface area contributed by atoms with Gasteiger partial charge < -0.3 is 10.1 Å². The second kappa shape index (κ2) is 8.11. The van der Waals surface area contributed by atoms with Crippen molar-refractivity contribution in [2.45, 2.75) is 13.8 Å². The van der Waals surface area contributed by atoms with E-state index < -0.39 is 10.8 Å². The number of ether oxygens (including phenoxy) is 1. The van der Waals surface area contributed by atoms with Crippen molar-refractivity contribution in [1.29, 1.82) is 0 Å². The zero-order valence-electron chi connectivity index (χ0n) is 14.3. The Kier molecular flexibility index (Phi) is 6.12. The highest BCUT2D eigenvalue weighted by molar-refractivity contribution is 7.80. The van der Waals surface area contributed by atoms with Gasteiger partial charge in [-0.1, -0.05) is 23.7 Å². The van der Waals surface area contributed by atoms with Crippen LogP contribution in [-0.4, -0.2) is 23.1 Å². The highest BCUT2D eigenvalue weighted by Crippen LogP contribution is 2.30. The normalized spacial score (nSPS) is 10.2. The van der Waals surface area contributed by atoms with E-state index in [1.54, 1.807) is 19.1 Å². The molecular weight excluding hydrogens is 378 g/mol. The van der Waals surface area contributed by atoms with Crippen LogP contribution in [0.3, 0.4) is 0 Å². The number of hydrogen-bond donors (Lipinski definition) is 2. The third kappa shape index (κ3) is 4.27. The summed E-state index contributed by atoms with van der Waals surface area (Å²) in [7, 11) is 1.48. The maximum atomic E-state index is 12.4. The van der Waals surface area contributed by atoms with E-state index in [1.807, 2.05) is 13.0 Å². The van der Waals surface area contributed by atoms with Crippen LogP contribution in [0.5, 0.6) is 5.75 Å². The molecule has 0 aliphatic heterocycles. The van der Waals surface area contributed by atoms with Gasteiger partial charge in [0.25, 0.3) is 11.6 Å². The lowest BCUT2D eigenvalue weighted by Gasteiger charge is -2.14. The molecule has 0 aromatic heterocycles. The minimum absolute atomic E-state index is 0.0300. The van der Waals surface area contributed by atoms with Gasteiger partial charge in [-0.25, -0.2) is 0 Å². The summed E-state index contributed by atoms with van der Waals surface area (Å²) in [5, 5.41) is 16.3. The standard InChI is InChI=1S/C17H16ClN3O4S/c1-9-5-4-6-11(15(9)25-3)16(22)20-17(26)19-13-8-12(18)14(21(23)24)7-10(13)2/h4-8H,1-3H3,(H2,19,20,22,26). The number of carbonyl (C=O) groups is 1. The Morgan fingerprint density at radius 2 is 1.96 bits per heavy atom. The summed E-state index contributed by atoms with van der Waals surface area (Å²) >= 11 is 11.1.